The second-order valence-corrected chi connectivity index (χ2v) is 7.11. The van der Waals surface area contributed by atoms with Crippen LogP contribution in [0.1, 0.15) is 104 Å². The smallest absolute Gasteiger partial charge is 0.0738 e. The van der Waals surface area contributed by atoms with E-state index in [1.165, 1.54) is 70.6 Å². The molecule has 0 bridgehead atoms. The van der Waals surface area contributed by atoms with Crippen molar-refractivity contribution in [3.63, 3.8) is 0 Å². The van der Waals surface area contributed by atoms with Gasteiger partial charge in [-0.05, 0) is 44.9 Å². The molecule has 22 heavy (non-hydrogen) atoms. The fourth-order valence-corrected chi connectivity index (χ4v) is 4.27. The minimum atomic E-state index is 0.0760. The van der Waals surface area contributed by atoms with Gasteiger partial charge < -0.3 is 4.74 Å². The summed E-state index contributed by atoms with van der Waals surface area (Å²) >= 11 is 0. The molecule has 0 saturated heterocycles. The molecule has 0 aromatic carbocycles. The van der Waals surface area contributed by atoms with Crippen LogP contribution >= 0.6 is 0 Å². The Bertz CT molecular complexity index is 293. The van der Waals surface area contributed by atoms with Gasteiger partial charge in [-0.2, -0.15) is 0 Å². The lowest BCUT2D eigenvalue weighted by atomic mass is 9.72. The molecule has 0 heterocycles. The van der Waals surface area contributed by atoms with E-state index in [2.05, 4.69) is 26.8 Å². The molecular weight excluding hydrogens is 268 g/mol. The van der Waals surface area contributed by atoms with Crippen LogP contribution in [0.15, 0.2) is 11.6 Å². The number of allylic oxidation sites excluding steroid dienone is 1. The monoisotopic (exact) mass is 308 g/mol. The Morgan fingerprint density at radius 1 is 1.00 bits per heavy atom. The van der Waals surface area contributed by atoms with Crippen LogP contribution in [0.2, 0.25) is 0 Å². The van der Waals surface area contributed by atoms with Gasteiger partial charge in [0.05, 0.1) is 5.60 Å². The van der Waals surface area contributed by atoms with E-state index < -0.39 is 0 Å². The maximum atomic E-state index is 6.11. The minimum absolute atomic E-state index is 0.0760. The highest BCUT2D eigenvalue weighted by atomic mass is 16.5. The van der Waals surface area contributed by atoms with Crippen LogP contribution in [0, 0.1) is 5.92 Å². The average Bonchev–Trinajstić information content (AvgIpc) is 2.58. The lowest BCUT2D eigenvalue weighted by Crippen LogP contribution is -2.40. The van der Waals surface area contributed by atoms with Crippen LogP contribution in [0.5, 0.6) is 0 Å². The Morgan fingerprint density at radius 2 is 1.68 bits per heavy atom. The van der Waals surface area contributed by atoms with Crippen molar-refractivity contribution in [2.75, 3.05) is 7.11 Å². The maximum Gasteiger partial charge on any atom is 0.0738 e. The number of rotatable bonds is 12. The first-order chi connectivity index (χ1) is 10.7. The van der Waals surface area contributed by atoms with E-state index in [0.717, 1.165) is 12.8 Å². The van der Waals surface area contributed by atoms with Crippen molar-refractivity contribution in [3.8, 4) is 0 Å². The Kier molecular flexibility index (Phi) is 10.1. The lowest BCUT2D eigenvalue weighted by molar-refractivity contribution is -0.0575. The SMILES string of the molecule is CCCCCCCCC(C1=CCCCC1)C(CC)(CC)OC. The molecule has 0 aromatic rings. The van der Waals surface area contributed by atoms with E-state index in [4.69, 9.17) is 4.74 Å². The summed E-state index contributed by atoms with van der Waals surface area (Å²) < 4.78 is 6.11. The van der Waals surface area contributed by atoms with Crippen LogP contribution < -0.4 is 0 Å². The van der Waals surface area contributed by atoms with Crippen molar-refractivity contribution in [1.82, 2.24) is 0 Å². The molecule has 0 saturated carbocycles. The van der Waals surface area contributed by atoms with Gasteiger partial charge in [0.1, 0.15) is 0 Å². The first-order valence-corrected chi connectivity index (χ1v) is 9.98. The molecule has 0 aliphatic heterocycles. The molecule has 1 unspecified atom stereocenters. The minimum Gasteiger partial charge on any atom is -0.378 e. The zero-order valence-electron chi connectivity index (χ0n) is 15.8. The van der Waals surface area contributed by atoms with Gasteiger partial charge in [-0.15, -0.1) is 0 Å². The largest absolute Gasteiger partial charge is 0.378 e. The van der Waals surface area contributed by atoms with Gasteiger partial charge in [0.2, 0.25) is 0 Å². The molecule has 0 amide bonds. The summed E-state index contributed by atoms with van der Waals surface area (Å²) in [5.41, 5.74) is 1.79. The molecule has 1 heteroatoms. The topological polar surface area (TPSA) is 9.23 Å². The zero-order valence-corrected chi connectivity index (χ0v) is 15.8. The van der Waals surface area contributed by atoms with Crippen molar-refractivity contribution >= 4 is 0 Å². The predicted octanol–water partition coefficient (Wildman–Crippen LogP) is 7.06. The third-order valence-electron chi connectivity index (χ3n) is 5.86. The number of hydrogen-bond acceptors (Lipinski definition) is 1. The fraction of sp³-hybridized carbons (Fsp3) is 0.905. The number of hydrogen-bond donors (Lipinski definition) is 0. The summed E-state index contributed by atoms with van der Waals surface area (Å²) in [6.45, 7) is 6.91. The van der Waals surface area contributed by atoms with Gasteiger partial charge in [-0.1, -0.05) is 70.9 Å². The van der Waals surface area contributed by atoms with Crippen molar-refractivity contribution < 1.29 is 4.74 Å². The van der Waals surface area contributed by atoms with Crippen LogP contribution in [0.25, 0.3) is 0 Å². The van der Waals surface area contributed by atoms with Gasteiger partial charge in [0, 0.05) is 13.0 Å². The Morgan fingerprint density at radius 3 is 2.23 bits per heavy atom. The van der Waals surface area contributed by atoms with E-state index in [-0.39, 0.29) is 5.60 Å². The molecule has 0 radical (unpaired) electrons. The molecule has 1 aliphatic carbocycles. The molecule has 1 atom stereocenters. The fourth-order valence-electron chi connectivity index (χ4n) is 4.27. The van der Waals surface area contributed by atoms with Crippen LogP contribution in [0.4, 0.5) is 0 Å². The summed E-state index contributed by atoms with van der Waals surface area (Å²) in [7, 11) is 1.94. The van der Waals surface area contributed by atoms with Crippen molar-refractivity contribution in [3.05, 3.63) is 11.6 Å². The summed E-state index contributed by atoms with van der Waals surface area (Å²) in [4.78, 5) is 0. The standard InChI is InChI=1S/C21H40O/c1-5-8-9-10-11-15-18-20(19-16-13-12-14-17-19)21(6-2,7-3)22-4/h16,20H,5-15,17-18H2,1-4H3. The van der Waals surface area contributed by atoms with Crippen LogP contribution in [0.3, 0.4) is 0 Å². The van der Waals surface area contributed by atoms with E-state index in [0.29, 0.717) is 5.92 Å². The number of unbranched alkanes of at least 4 members (excludes halogenated alkanes) is 5. The van der Waals surface area contributed by atoms with Gasteiger partial charge in [0.15, 0.2) is 0 Å². The van der Waals surface area contributed by atoms with Crippen molar-refractivity contribution in [2.45, 2.75) is 110 Å². The molecule has 0 N–H and O–H groups in total. The summed E-state index contributed by atoms with van der Waals surface area (Å²) in [5.74, 6) is 0.652. The highest BCUT2D eigenvalue weighted by molar-refractivity contribution is 5.15. The Hall–Kier alpha value is -0.300. The molecule has 1 rings (SSSR count). The second-order valence-electron chi connectivity index (χ2n) is 7.11. The lowest BCUT2D eigenvalue weighted by Gasteiger charge is -2.41. The number of methoxy groups -OCH3 is 1. The molecule has 1 nitrogen and oxygen atoms in total. The predicted molar refractivity (Wildman–Crippen MR) is 98.4 cm³/mol. The quantitative estimate of drug-likeness (QED) is 0.277. The van der Waals surface area contributed by atoms with Crippen LogP contribution in [-0.2, 0) is 4.74 Å². The van der Waals surface area contributed by atoms with E-state index in [1.54, 1.807) is 5.57 Å². The highest BCUT2D eigenvalue weighted by Gasteiger charge is 2.37. The second kappa shape index (κ2) is 11.3. The summed E-state index contributed by atoms with van der Waals surface area (Å²) in [6, 6.07) is 0. The highest BCUT2D eigenvalue weighted by Crippen LogP contribution is 2.41. The molecular formula is C21H40O. The van der Waals surface area contributed by atoms with Crippen LogP contribution in [-0.4, -0.2) is 12.7 Å². The van der Waals surface area contributed by atoms with Gasteiger partial charge in [0.25, 0.3) is 0 Å². The van der Waals surface area contributed by atoms with E-state index >= 15 is 0 Å². The molecule has 0 aromatic heterocycles. The normalized spacial score (nSPS) is 17.4. The summed E-state index contributed by atoms with van der Waals surface area (Å²) in [6.07, 6.45) is 19.9. The van der Waals surface area contributed by atoms with Gasteiger partial charge in [-0.25, -0.2) is 0 Å². The number of ether oxygens (including phenoxy) is 1. The molecule has 0 fully saturated rings. The maximum absolute atomic E-state index is 6.11. The van der Waals surface area contributed by atoms with Crippen molar-refractivity contribution in [2.24, 2.45) is 5.92 Å². The summed E-state index contributed by atoms with van der Waals surface area (Å²) in [5, 5.41) is 0. The molecule has 0 spiro atoms. The van der Waals surface area contributed by atoms with Gasteiger partial charge >= 0.3 is 0 Å². The van der Waals surface area contributed by atoms with Gasteiger partial charge in [-0.3, -0.25) is 0 Å². The van der Waals surface area contributed by atoms with E-state index in [9.17, 15) is 0 Å². The Labute approximate surface area is 139 Å². The Balaban J connectivity index is 2.64. The zero-order chi connectivity index (χ0) is 16.3. The van der Waals surface area contributed by atoms with Crippen molar-refractivity contribution in [1.29, 1.82) is 0 Å². The molecule has 1 aliphatic rings. The first-order valence-electron chi connectivity index (χ1n) is 9.98. The molecule has 130 valence electrons. The third kappa shape index (κ3) is 5.72. The van der Waals surface area contributed by atoms with E-state index in [1.807, 2.05) is 7.11 Å². The average molecular weight is 309 g/mol. The first kappa shape index (κ1) is 19.7. The third-order valence-corrected chi connectivity index (χ3v) is 5.86.